The lowest BCUT2D eigenvalue weighted by Gasteiger charge is -2.10. The minimum atomic E-state index is -0.618. The fourth-order valence-electron chi connectivity index (χ4n) is 1.51. The van der Waals surface area contributed by atoms with Crippen LogP contribution in [0.5, 0.6) is 0 Å². The second-order valence-electron chi connectivity index (χ2n) is 3.74. The molecule has 0 aromatic heterocycles. The Morgan fingerprint density at radius 2 is 1.65 bits per heavy atom. The normalized spacial score (nSPS) is 10.4. The van der Waals surface area contributed by atoms with Crippen LogP contribution in [0.1, 0.15) is 5.56 Å². The summed E-state index contributed by atoms with van der Waals surface area (Å²) in [7, 11) is 0. The van der Waals surface area contributed by atoms with Crippen molar-refractivity contribution < 1.29 is 8.78 Å². The van der Waals surface area contributed by atoms with Gasteiger partial charge in [-0.3, -0.25) is 0 Å². The zero-order chi connectivity index (χ0) is 12.4. The first kappa shape index (κ1) is 11.9. The summed E-state index contributed by atoms with van der Waals surface area (Å²) in [5.41, 5.74) is 2.02. The van der Waals surface area contributed by atoms with Crippen molar-refractivity contribution in [2.24, 2.45) is 0 Å². The number of rotatable bonds is 2. The predicted octanol–water partition coefficient (Wildman–Crippen LogP) is 4.67. The predicted molar refractivity (Wildman–Crippen MR) is 65.8 cm³/mol. The molecule has 2 rings (SSSR count). The van der Waals surface area contributed by atoms with Crippen LogP contribution in [0.4, 0.5) is 20.2 Å². The average Bonchev–Trinajstić information content (AvgIpc) is 2.22. The molecule has 0 atom stereocenters. The molecule has 1 N–H and O–H groups in total. The van der Waals surface area contributed by atoms with E-state index in [2.05, 4.69) is 5.32 Å². The highest BCUT2D eigenvalue weighted by molar-refractivity contribution is 6.30. The van der Waals surface area contributed by atoms with Gasteiger partial charge in [-0.2, -0.15) is 0 Å². The highest BCUT2D eigenvalue weighted by Gasteiger charge is 2.03. The second kappa shape index (κ2) is 4.72. The van der Waals surface area contributed by atoms with Gasteiger partial charge in [0.1, 0.15) is 11.6 Å². The molecular weight excluding hydrogens is 244 g/mol. The van der Waals surface area contributed by atoms with E-state index in [0.29, 0.717) is 10.7 Å². The number of aryl methyl sites for hydroxylation is 1. The number of nitrogens with one attached hydrogen (secondary N) is 1. The SMILES string of the molecule is Cc1ccc(Cl)cc1Nc1cc(F)cc(F)c1. The van der Waals surface area contributed by atoms with Gasteiger partial charge in [-0.15, -0.1) is 0 Å². The molecule has 0 aliphatic carbocycles. The summed E-state index contributed by atoms with van der Waals surface area (Å²) >= 11 is 5.86. The zero-order valence-electron chi connectivity index (χ0n) is 9.10. The van der Waals surface area contributed by atoms with Gasteiger partial charge in [-0.25, -0.2) is 8.78 Å². The molecule has 0 saturated heterocycles. The van der Waals surface area contributed by atoms with Gasteiger partial charge in [0.2, 0.25) is 0 Å². The maximum atomic E-state index is 13.0. The molecule has 17 heavy (non-hydrogen) atoms. The lowest BCUT2D eigenvalue weighted by Crippen LogP contribution is -1.94. The smallest absolute Gasteiger partial charge is 0.128 e. The summed E-state index contributed by atoms with van der Waals surface area (Å²) < 4.78 is 26.0. The van der Waals surface area contributed by atoms with Gasteiger partial charge in [-0.1, -0.05) is 17.7 Å². The average molecular weight is 254 g/mol. The van der Waals surface area contributed by atoms with Crippen LogP contribution < -0.4 is 5.32 Å². The van der Waals surface area contributed by atoms with Gasteiger partial charge in [0.05, 0.1) is 0 Å². The lowest BCUT2D eigenvalue weighted by molar-refractivity contribution is 0.584. The highest BCUT2D eigenvalue weighted by Crippen LogP contribution is 2.25. The minimum Gasteiger partial charge on any atom is -0.355 e. The molecule has 1 nitrogen and oxygen atoms in total. The van der Waals surface area contributed by atoms with Crippen molar-refractivity contribution in [2.45, 2.75) is 6.92 Å². The first-order valence-corrected chi connectivity index (χ1v) is 5.41. The molecule has 88 valence electrons. The van der Waals surface area contributed by atoms with E-state index in [4.69, 9.17) is 11.6 Å². The third-order valence-electron chi connectivity index (χ3n) is 2.34. The first-order valence-electron chi connectivity index (χ1n) is 5.04. The number of halogens is 3. The summed E-state index contributed by atoms with van der Waals surface area (Å²) in [5.74, 6) is -1.24. The molecule has 0 heterocycles. The summed E-state index contributed by atoms with van der Waals surface area (Å²) in [6, 6.07) is 8.58. The summed E-state index contributed by atoms with van der Waals surface area (Å²) in [5, 5.41) is 3.50. The van der Waals surface area contributed by atoms with Gasteiger partial charge < -0.3 is 5.32 Å². The van der Waals surface area contributed by atoms with Crippen LogP contribution in [-0.4, -0.2) is 0 Å². The second-order valence-corrected chi connectivity index (χ2v) is 4.18. The van der Waals surface area contributed by atoms with E-state index in [-0.39, 0.29) is 0 Å². The molecule has 0 bridgehead atoms. The molecule has 0 aliphatic heterocycles. The Bertz CT molecular complexity index is 535. The van der Waals surface area contributed by atoms with Crippen LogP contribution in [0.2, 0.25) is 5.02 Å². The van der Waals surface area contributed by atoms with Crippen molar-refractivity contribution >= 4 is 23.0 Å². The van der Waals surface area contributed by atoms with Crippen LogP contribution >= 0.6 is 11.6 Å². The third kappa shape index (κ3) is 2.94. The van der Waals surface area contributed by atoms with E-state index in [1.165, 1.54) is 12.1 Å². The Morgan fingerprint density at radius 1 is 1.00 bits per heavy atom. The molecule has 0 spiro atoms. The van der Waals surface area contributed by atoms with Crippen molar-refractivity contribution in [1.29, 1.82) is 0 Å². The fourth-order valence-corrected chi connectivity index (χ4v) is 1.68. The summed E-state index contributed by atoms with van der Waals surface area (Å²) in [6.45, 7) is 1.88. The Hall–Kier alpha value is -1.61. The van der Waals surface area contributed by atoms with E-state index < -0.39 is 11.6 Å². The Kier molecular flexibility index (Phi) is 3.29. The monoisotopic (exact) mass is 253 g/mol. The number of hydrogen-bond donors (Lipinski definition) is 1. The van der Waals surface area contributed by atoms with Crippen molar-refractivity contribution in [3.05, 3.63) is 58.6 Å². The number of hydrogen-bond acceptors (Lipinski definition) is 1. The van der Waals surface area contributed by atoms with E-state index in [0.717, 1.165) is 17.3 Å². The van der Waals surface area contributed by atoms with Crippen LogP contribution in [0.25, 0.3) is 0 Å². The Balaban J connectivity index is 2.34. The van der Waals surface area contributed by atoms with Gasteiger partial charge >= 0.3 is 0 Å². The molecule has 2 aromatic rings. The van der Waals surface area contributed by atoms with Gasteiger partial charge in [-0.05, 0) is 36.8 Å². The fraction of sp³-hybridized carbons (Fsp3) is 0.0769. The van der Waals surface area contributed by atoms with E-state index in [1.807, 2.05) is 13.0 Å². The van der Waals surface area contributed by atoms with Crippen LogP contribution in [0, 0.1) is 18.6 Å². The minimum absolute atomic E-state index is 0.355. The summed E-state index contributed by atoms with van der Waals surface area (Å²) in [4.78, 5) is 0. The first-order chi connectivity index (χ1) is 8.04. The molecular formula is C13H10ClF2N. The van der Waals surface area contributed by atoms with Crippen LogP contribution in [0.15, 0.2) is 36.4 Å². The lowest BCUT2D eigenvalue weighted by atomic mass is 10.2. The van der Waals surface area contributed by atoms with Gasteiger partial charge in [0, 0.05) is 22.5 Å². The maximum absolute atomic E-state index is 13.0. The highest BCUT2D eigenvalue weighted by atomic mass is 35.5. The van der Waals surface area contributed by atoms with Gasteiger partial charge in [0.25, 0.3) is 0 Å². The molecule has 0 saturated carbocycles. The molecule has 4 heteroatoms. The third-order valence-corrected chi connectivity index (χ3v) is 2.58. The van der Waals surface area contributed by atoms with Crippen molar-refractivity contribution in [2.75, 3.05) is 5.32 Å². The quantitative estimate of drug-likeness (QED) is 0.820. The number of benzene rings is 2. The molecule has 0 aliphatic rings. The van der Waals surface area contributed by atoms with Crippen molar-refractivity contribution in [3.63, 3.8) is 0 Å². The Labute approximate surface area is 103 Å². The Morgan fingerprint density at radius 3 is 2.29 bits per heavy atom. The zero-order valence-corrected chi connectivity index (χ0v) is 9.85. The van der Waals surface area contributed by atoms with Crippen LogP contribution in [-0.2, 0) is 0 Å². The standard InChI is InChI=1S/C13H10ClF2N/c1-8-2-3-9(14)4-13(8)17-12-6-10(15)5-11(16)7-12/h2-7,17H,1H3. The van der Waals surface area contributed by atoms with E-state index in [9.17, 15) is 8.78 Å². The van der Waals surface area contributed by atoms with E-state index in [1.54, 1.807) is 12.1 Å². The molecule has 0 unspecified atom stereocenters. The molecule has 2 aromatic carbocycles. The maximum Gasteiger partial charge on any atom is 0.128 e. The number of anilines is 2. The van der Waals surface area contributed by atoms with Crippen molar-refractivity contribution in [3.8, 4) is 0 Å². The topological polar surface area (TPSA) is 12.0 Å². The van der Waals surface area contributed by atoms with E-state index >= 15 is 0 Å². The van der Waals surface area contributed by atoms with Crippen LogP contribution in [0.3, 0.4) is 0 Å². The molecule has 0 amide bonds. The van der Waals surface area contributed by atoms with Crippen molar-refractivity contribution in [1.82, 2.24) is 0 Å². The largest absolute Gasteiger partial charge is 0.355 e. The molecule has 0 radical (unpaired) electrons. The van der Waals surface area contributed by atoms with Gasteiger partial charge in [0.15, 0.2) is 0 Å². The molecule has 0 fully saturated rings. The summed E-state index contributed by atoms with van der Waals surface area (Å²) in [6.07, 6.45) is 0.